The highest BCUT2D eigenvalue weighted by Gasteiger charge is 2.41. The molecule has 2 aromatic rings. The third kappa shape index (κ3) is 9.17. The van der Waals surface area contributed by atoms with E-state index in [2.05, 4.69) is 15.4 Å². The number of benzene rings is 2. The molecule has 0 aliphatic rings. The number of hydrogen-bond donors (Lipinski definition) is 4. The van der Waals surface area contributed by atoms with E-state index < -0.39 is 44.9 Å². The van der Waals surface area contributed by atoms with Gasteiger partial charge in [0, 0.05) is 23.7 Å². The van der Waals surface area contributed by atoms with Gasteiger partial charge in [-0.25, -0.2) is 13.1 Å². The first-order valence-corrected chi connectivity index (χ1v) is 16.5. The van der Waals surface area contributed by atoms with Crippen LogP contribution >= 0.6 is 0 Å². The Hall–Kier alpha value is -3.70. The Bertz CT molecular complexity index is 1510. The van der Waals surface area contributed by atoms with Crippen LogP contribution in [0.15, 0.2) is 65.1 Å². The Labute approximate surface area is 269 Å². The van der Waals surface area contributed by atoms with Crippen LogP contribution in [0.2, 0.25) is 0 Å². The first-order chi connectivity index (χ1) is 20.6. The lowest BCUT2D eigenvalue weighted by molar-refractivity contribution is -0.140. The van der Waals surface area contributed by atoms with E-state index >= 15 is 0 Å². The van der Waals surface area contributed by atoms with Crippen molar-refractivity contribution in [3.63, 3.8) is 0 Å². The topological polar surface area (TPSA) is 151 Å². The predicted octanol–water partition coefficient (Wildman–Crippen LogP) is 3.91. The number of nitrogens with one attached hydrogen (secondary N) is 3. The normalized spacial score (nSPS) is 14.8. The molecule has 3 unspecified atom stereocenters. The summed E-state index contributed by atoms with van der Waals surface area (Å²) in [5.41, 5.74) is 6.68. The highest BCUT2D eigenvalue weighted by atomic mass is 32.2. The van der Waals surface area contributed by atoms with Crippen LogP contribution in [0.1, 0.15) is 66.5 Å². The molecule has 0 spiro atoms. The van der Waals surface area contributed by atoms with Crippen molar-refractivity contribution < 1.29 is 22.8 Å². The van der Waals surface area contributed by atoms with Gasteiger partial charge in [0.05, 0.1) is 17.0 Å². The largest absolute Gasteiger partial charge is 0.399 e. The summed E-state index contributed by atoms with van der Waals surface area (Å²) in [5.74, 6) is -1.60. The number of likely N-dealkylation sites (N-methyl/N-ethyl adjacent to an activating group) is 2. The maximum absolute atomic E-state index is 14.1. The first-order valence-electron chi connectivity index (χ1n) is 15.1. The van der Waals surface area contributed by atoms with Gasteiger partial charge >= 0.3 is 0 Å². The van der Waals surface area contributed by atoms with Crippen molar-refractivity contribution in [2.45, 2.75) is 90.7 Å². The van der Waals surface area contributed by atoms with E-state index in [0.717, 1.165) is 5.56 Å². The number of sulfonamides is 1. The lowest BCUT2D eigenvalue weighted by Gasteiger charge is -2.40. The number of nitrogens with zero attached hydrogens (tertiary/aromatic N) is 1. The van der Waals surface area contributed by atoms with Crippen molar-refractivity contribution in [2.75, 3.05) is 19.8 Å². The van der Waals surface area contributed by atoms with Crippen molar-refractivity contribution >= 4 is 33.4 Å². The second kappa shape index (κ2) is 14.6. The summed E-state index contributed by atoms with van der Waals surface area (Å²) >= 11 is 0. The Morgan fingerprint density at radius 3 is 2.02 bits per heavy atom. The van der Waals surface area contributed by atoms with Gasteiger partial charge < -0.3 is 21.3 Å². The lowest BCUT2D eigenvalue weighted by Crippen LogP contribution is -2.61. The standard InChI is InChI=1S/C34H51N5O5S/c1-21(2)27(20-23(4)30(40)38-45(43,44)25-17-18-26(35)22(3)19-25)39(11)32(42)29(33(5,6)7)37-31(41)28(36-10)34(8,9)24-15-13-12-14-16-24/h12-21,27-29,36H,35H2,1-11H3,(H,37,41)(H,38,40)/b23-20+. The monoisotopic (exact) mass is 641 g/mol. The molecule has 3 amide bonds. The van der Waals surface area contributed by atoms with E-state index in [1.165, 1.54) is 30.0 Å². The van der Waals surface area contributed by atoms with E-state index in [1.807, 2.05) is 78.8 Å². The molecular weight excluding hydrogens is 590 g/mol. The molecule has 2 aromatic carbocycles. The molecule has 248 valence electrons. The number of carbonyl (C=O) groups is 3. The van der Waals surface area contributed by atoms with E-state index in [9.17, 15) is 22.8 Å². The molecule has 45 heavy (non-hydrogen) atoms. The molecule has 11 heteroatoms. The molecule has 0 aromatic heterocycles. The Balaban J connectivity index is 2.34. The van der Waals surface area contributed by atoms with Crippen molar-refractivity contribution in [1.82, 2.24) is 20.3 Å². The van der Waals surface area contributed by atoms with Gasteiger partial charge in [0.15, 0.2) is 0 Å². The van der Waals surface area contributed by atoms with Crippen LogP contribution < -0.4 is 21.1 Å². The quantitative estimate of drug-likeness (QED) is 0.203. The van der Waals surface area contributed by atoms with E-state index in [0.29, 0.717) is 11.3 Å². The molecule has 5 N–H and O–H groups in total. The highest BCUT2D eigenvalue weighted by molar-refractivity contribution is 7.90. The minimum absolute atomic E-state index is 0.0814. The van der Waals surface area contributed by atoms with E-state index in [-0.39, 0.29) is 28.2 Å². The minimum atomic E-state index is -4.16. The number of rotatable bonds is 12. The molecule has 0 radical (unpaired) electrons. The molecule has 0 saturated carbocycles. The Kier molecular flexibility index (Phi) is 12.2. The highest BCUT2D eigenvalue weighted by Crippen LogP contribution is 2.29. The van der Waals surface area contributed by atoms with Gasteiger partial charge in [-0.15, -0.1) is 0 Å². The number of aryl methyl sites for hydroxylation is 1. The molecule has 3 atom stereocenters. The summed E-state index contributed by atoms with van der Waals surface area (Å²) in [6, 6.07) is 11.8. The van der Waals surface area contributed by atoms with Gasteiger partial charge in [-0.2, -0.15) is 0 Å². The molecule has 0 heterocycles. The molecule has 0 bridgehead atoms. The minimum Gasteiger partial charge on any atom is -0.399 e. The number of nitrogen functional groups attached to an aromatic ring is 1. The number of nitrogens with two attached hydrogens (primary N) is 1. The van der Waals surface area contributed by atoms with Crippen LogP contribution in [-0.2, 0) is 29.8 Å². The summed E-state index contributed by atoms with van der Waals surface area (Å²) in [4.78, 5) is 42.3. The van der Waals surface area contributed by atoms with Gasteiger partial charge in [-0.05, 0) is 61.6 Å². The summed E-state index contributed by atoms with van der Waals surface area (Å²) in [6.45, 7) is 16.6. The number of hydrogen-bond acceptors (Lipinski definition) is 7. The third-order valence-electron chi connectivity index (χ3n) is 8.23. The summed E-state index contributed by atoms with van der Waals surface area (Å²) < 4.78 is 27.9. The van der Waals surface area contributed by atoms with Crippen molar-refractivity contribution in [1.29, 1.82) is 0 Å². The van der Waals surface area contributed by atoms with Crippen LogP contribution in [0.25, 0.3) is 0 Å². The lowest BCUT2D eigenvalue weighted by atomic mass is 9.76. The fourth-order valence-electron chi connectivity index (χ4n) is 5.24. The Morgan fingerprint density at radius 2 is 1.53 bits per heavy atom. The Morgan fingerprint density at radius 1 is 0.956 bits per heavy atom. The number of anilines is 1. The molecule has 10 nitrogen and oxygen atoms in total. The van der Waals surface area contributed by atoms with Crippen LogP contribution in [0, 0.1) is 18.3 Å². The maximum atomic E-state index is 14.1. The van der Waals surface area contributed by atoms with Gasteiger partial charge in [0.25, 0.3) is 15.9 Å². The third-order valence-corrected chi connectivity index (χ3v) is 9.55. The van der Waals surface area contributed by atoms with Crippen LogP contribution in [0.5, 0.6) is 0 Å². The van der Waals surface area contributed by atoms with Gasteiger partial charge in [0.1, 0.15) is 6.04 Å². The van der Waals surface area contributed by atoms with Crippen molar-refractivity contribution in [2.24, 2.45) is 11.3 Å². The van der Waals surface area contributed by atoms with Crippen molar-refractivity contribution in [3.05, 3.63) is 71.3 Å². The molecule has 0 fully saturated rings. The average molecular weight is 642 g/mol. The smallest absolute Gasteiger partial charge is 0.264 e. The molecule has 0 saturated heterocycles. The summed E-state index contributed by atoms with van der Waals surface area (Å²) in [5, 5.41) is 6.15. The van der Waals surface area contributed by atoms with Crippen LogP contribution in [0.3, 0.4) is 0 Å². The second-order valence-corrected chi connectivity index (χ2v) is 15.3. The van der Waals surface area contributed by atoms with Crippen LogP contribution in [-0.4, -0.2) is 63.3 Å². The van der Waals surface area contributed by atoms with Crippen LogP contribution in [0.4, 0.5) is 5.69 Å². The van der Waals surface area contributed by atoms with Crippen molar-refractivity contribution in [3.8, 4) is 0 Å². The summed E-state index contributed by atoms with van der Waals surface area (Å²) in [7, 11) is -0.814. The first kappa shape index (κ1) is 37.5. The second-order valence-electron chi connectivity index (χ2n) is 13.6. The zero-order valence-electron chi connectivity index (χ0n) is 28.5. The van der Waals surface area contributed by atoms with Gasteiger partial charge in [-0.1, -0.05) is 84.9 Å². The fraction of sp³-hybridized carbons (Fsp3) is 0.500. The average Bonchev–Trinajstić information content (AvgIpc) is 2.94. The number of amides is 3. The zero-order valence-corrected chi connectivity index (χ0v) is 29.3. The molecule has 2 rings (SSSR count). The number of carbonyl (C=O) groups excluding carboxylic acids is 3. The van der Waals surface area contributed by atoms with Gasteiger partial charge in [-0.3, -0.25) is 14.4 Å². The summed E-state index contributed by atoms with van der Waals surface area (Å²) in [6.07, 6.45) is 1.58. The predicted molar refractivity (Wildman–Crippen MR) is 180 cm³/mol. The zero-order chi connectivity index (χ0) is 34.5. The molecule has 0 aliphatic heterocycles. The van der Waals surface area contributed by atoms with E-state index in [4.69, 9.17) is 5.73 Å². The maximum Gasteiger partial charge on any atom is 0.264 e. The fourth-order valence-corrected chi connectivity index (χ4v) is 6.34. The SMILES string of the molecule is CNC(C(=O)NC(C(=O)N(C)C(/C=C(\C)C(=O)NS(=O)(=O)c1ccc(N)c(C)c1)C(C)C)C(C)(C)C)C(C)(C)c1ccccc1. The molecular formula is C34H51N5O5S. The van der Waals surface area contributed by atoms with E-state index in [1.54, 1.807) is 27.1 Å². The molecule has 0 aliphatic carbocycles. The van der Waals surface area contributed by atoms with Gasteiger partial charge in [0.2, 0.25) is 11.8 Å².